The molecule has 1 heterocycles. The highest BCUT2D eigenvalue weighted by Crippen LogP contribution is 2.43. The van der Waals surface area contributed by atoms with Crippen molar-refractivity contribution >= 4 is 27.3 Å². The first kappa shape index (κ1) is 20.9. The van der Waals surface area contributed by atoms with E-state index in [9.17, 15) is 13.2 Å². The number of benzene rings is 3. The van der Waals surface area contributed by atoms with E-state index in [2.05, 4.69) is 5.32 Å². The van der Waals surface area contributed by atoms with Crippen molar-refractivity contribution in [3.05, 3.63) is 72.3 Å². The number of sulfonamides is 1. The first-order valence-corrected chi connectivity index (χ1v) is 11.5. The van der Waals surface area contributed by atoms with Gasteiger partial charge in [0, 0.05) is 22.9 Å². The van der Waals surface area contributed by atoms with Crippen LogP contribution in [0, 0.1) is 6.92 Å². The van der Waals surface area contributed by atoms with Crippen molar-refractivity contribution in [3.63, 3.8) is 0 Å². The van der Waals surface area contributed by atoms with Gasteiger partial charge in [0.2, 0.25) is 5.91 Å². The molecule has 1 aliphatic rings. The van der Waals surface area contributed by atoms with Crippen molar-refractivity contribution in [1.29, 1.82) is 0 Å². The van der Waals surface area contributed by atoms with Gasteiger partial charge >= 0.3 is 0 Å². The molecule has 0 saturated heterocycles. The van der Waals surface area contributed by atoms with Crippen LogP contribution in [-0.2, 0) is 14.8 Å². The molecular weight excluding hydrogens is 412 g/mol. The fourth-order valence-corrected chi connectivity index (χ4v) is 5.32. The topological polar surface area (TPSA) is 75.7 Å². The van der Waals surface area contributed by atoms with Crippen LogP contribution in [0.4, 0.5) is 11.4 Å². The summed E-state index contributed by atoms with van der Waals surface area (Å²) in [7, 11) is -3.87. The van der Waals surface area contributed by atoms with Gasteiger partial charge in [-0.15, -0.1) is 0 Å². The molecule has 6 nitrogen and oxygen atoms in total. The lowest BCUT2D eigenvalue weighted by Crippen LogP contribution is -2.40. The van der Waals surface area contributed by atoms with Crippen LogP contribution in [0.5, 0.6) is 5.75 Å². The standard InChI is InChI=1S/C24H24N2O4S/c1-16(2)30-19-8-6-7-18(14-19)25-24(27)15-26-22-12-11-17(3)13-21(22)20-9-4-5-10-23(20)31(26,28)29/h4-14,16H,15H2,1-3H3,(H,25,27). The second kappa shape index (κ2) is 8.07. The number of aryl methyl sites for hydroxylation is 1. The summed E-state index contributed by atoms with van der Waals surface area (Å²) < 4.78 is 33.5. The van der Waals surface area contributed by atoms with Gasteiger partial charge in [-0.3, -0.25) is 9.10 Å². The van der Waals surface area contributed by atoms with Crippen LogP contribution in [0.1, 0.15) is 19.4 Å². The maximum absolute atomic E-state index is 13.3. The van der Waals surface area contributed by atoms with Gasteiger partial charge in [0.25, 0.3) is 10.0 Å². The van der Waals surface area contributed by atoms with Crippen LogP contribution in [0.15, 0.2) is 71.6 Å². The van der Waals surface area contributed by atoms with E-state index in [0.717, 1.165) is 11.1 Å². The average Bonchev–Trinajstić information content (AvgIpc) is 2.71. The minimum atomic E-state index is -3.87. The minimum Gasteiger partial charge on any atom is -0.491 e. The van der Waals surface area contributed by atoms with Crippen molar-refractivity contribution in [2.75, 3.05) is 16.2 Å². The molecular formula is C24H24N2O4S. The first-order chi connectivity index (χ1) is 14.8. The number of carbonyl (C=O) groups is 1. The highest BCUT2D eigenvalue weighted by atomic mass is 32.2. The molecule has 160 valence electrons. The lowest BCUT2D eigenvalue weighted by atomic mass is 10.0. The number of hydrogen-bond acceptors (Lipinski definition) is 4. The van der Waals surface area contributed by atoms with E-state index in [0.29, 0.717) is 22.7 Å². The number of ether oxygens (including phenoxy) is 1. The molecule has 0 fully saturated rings. The molecule has 0 unspecified atom stereocenters. The fourth-order valence-electron chi connectivity index (χ4n) is 3.67. The minimum absolute atomic E-state index is 0.00414. The van der Waals surface area contributed by atoms with Gasteiger partial charge < -0.3 is 10.1 Å². The van der Waals surface area contributed by atoms with Crippen molar-refractivity contribution in [3.8, 4) is 16.9 Å². The number of rotatable bonds is 5. The number of fused-ring (bicyclic) bond motifs is 3. The third kappa shape index (κ3) is 4.14. The van der Waals surface area contributed by atoms with E-state index in [4.69, 9.17) is 4.74 Å². The van der Waals surface area contributed by atoms with Crippen LogP contribution in [0.3, 0.4) is 0 Å². The molecule has 0 saturated carbocycles. The zero-order valence-corrected chi connectivity index (χ0v) is 18.4. The normalized spacial score (nSPS) is 14.0. The predicted octanol–water partition coefficient (Wildman–Crippen LogP) is 4.60. The number of hydrogen-bond donors (Lipinski definition) is 1. The Hall–Kier alpha value is -3.32. The molecule has 3 aromatic carbocycles. The van der Waals surface area contributed by atoms with E-state index in [-0.39, 0.29) is 17.5 Å². The summed E-state index contributed by atoms with van der Waals surface area (Å²) in [5.41, 5.74) is 3.50. The largest absolute Gasteiger partial charge is 0.491 e. The molecule has 0 bridgehead atoms. The molecule has 4 rings (SSSR count). The number of nitrogens with one attached hydrogen (secondary N) is 1. The Morgan fingerprint density at radius 2 is 1.77 bits per heavy atom. The summed E-state index contributed by atoms with van der Waals surface area (Å²) in [4.78, 5) is 13.0. The van der Waals surface area contributed by atoms with Crippen molar-refractivity contribution in [1.82, 2.24) is 0 Å². The monoisotopic (exact) mass is 436 g/mol. The summed E-state index contributed by atoms with van der Waals surface area (Å²) in [6.07, 6.45) is 0.00414. The fraction of sp³-hybridized carbons (Fsp3) is 0.208. The zero-order chi connectivity index (χ0) is 22.2. The SMILES string of the molecule is Cc1ccc2c(c1)-c1ccccc1S(=O)(=O)N2CC(=O)Nc1cccc(OC(C)C)c1. The smallest absolute Gasteiger partial charge is 0.265 e. The summed E-state index contributed by atoms with van der Waals surface area (Å²) in [5.74, 6) is 0.198. The van der Waals surface area contributed by atoms with E-state index < -0.39 is 15.9 Å². The van der Waals surface area contributed by atoms with Gasteiger partial charge in [-0.2, -0.15) is 0 Å². The van der Waals surface area contributed by atoms with Gasteiger partial charge in [0.1, 0.15) is 12.3 Å². The molecule has 0 aromatic heterocycles. The van der Waals surface area contributed by atoms with Crippen LogP contribution < -0.4 is 14.4 Å². The molecule has 0 aliphatic carbocycles. The van der Waals surface area contributed by atoms with Crippen LogP contribution in [-0.4, -0.2) is 27.0 Å². The summed E-state index contributed by atoms with van der Waals surface area (Å²) in [6.45, 7) is 5.46. The summed E-state index contributed by atoms with van der Waals surface area (Å²) >= 11 is 0. The van der Waals surface area contributed by atoms with Crippen LogP contribution in [0.25, 0.3) is 11.1 Å². The van der Waals surface area contributed by atoms with Gasteiger partial charge in [-0.05, 0) is 51.1 Å². The van der Waals surface area contributed by atoms with E-state index in [1.54, 1.807) is 48.5 Å². The molecule has 0 spiro atoms. The van der Waals surface area contributed by atoms with E-state index in [1.807, 2.05) is 39.0 Å². The second-order valence-corrected chi connectivity index (χ2v) is 9.60. The Kier molecular flexibility index (Phi) is 5.45. The number of carbonyl (C=O) groups excluding carboxylic acids is 1. The Balaban J connectivity index is 1.65. The molecule has 7 heteroatoms. The molecule has 3 aromatic rings. The van der Waals surface area contributed by atoms with Gasteiger partial charge in [0.15, 0.2) is 0 Å². The lowest BCUT2D eigenvalue weighted by Gasteiger charge is -2.31. The number of amides is 1. The van der Waals surface area contributed by atoms with Gasteiger partial charge in [-0.1, -0.05) is 35.9 Å². The highest BCUT2D eigenvalue weighted by Gasteiger charge is 2.35. The average molecular weight is 437 g/mol. The highest BCUT2D eigenvalue weighted by molar-refractivity contribution is 7.93. The molecule has 1 amide bonds. The quantitative estimate of drug-likeness (QED) is 0.634. The lowest BCUT2D eigenvalue weighted by molar-refractivity contribution is -0.114. The Morgan fingerprint density at radius 3 is 2.55 bits per heavy atom. The van der Waals surface area contributed by atoms with Crippen LogP contribution >= 0.6 is 0 Å². The summed E-state index contributed by atoms with van der Waals surface area (Å²) in [5, 5.41) is 2.78. The van der Waals surface area contributed by atoms with Crippen molar-refractivity contribution in [2.45, 2.75) is 31.8 Å². The Morgan fingerprint density at radius 1 is 1.00 bits per heavy atom. The maximum atomic E-state index is 13.3. The van der Waals surface area contributed by atoms with Gasteiger partial charge in [-0.25, -0.2) is 8.42 Å². The molecule has 1 aliphatic heterocycles. The third-order valence-corrected chi connectivity index (χ3v) is 6.76. The molecule has 0 radical (unpaired) electrons. The second-order valence-electron chi connectivity index (χ2n) is 7.77. The Labute approximate surface area is 182 Å². The van der Waals surface area contributed by atoms with Crippen LogP contribution in [0.2, 0.25) is 0 Å². The molecule has 0 atom stereocenters. The first-order valence-electron chi connectivity index (χ1n) is 10.0. The van der Waals surface area contributed by atoms with Gasteiger partial charge in [0.05, 0.1) is 16.7 Å². The molecule has 1 N–H and O–H groups in total. The third-order valence-electron chi connectivity index (χ3n) is 4.94. The van der Waals surface area contributed by atoms with E-state index in [1.165, 1.54) is 4.31 Å². The summed E-state index contributed by atoms with van der Waals surface area (Å²) in [6, 6.07) is 19.5. The number of anilines is 2. The number of nitrogens with zero attached hydrogens (tertiary/aromatic N) is 1. The zero-order valence-electron chi connectivity index (χ0n) is 17.6. The van der Waals surface area contributed by atoms with Crippen molar-refractivity contribution < 1.29 is 17.9 Å². The maximum Gasteiger partial charge on any atom is 0.265 e. The molecule has 31 heavy (non-hydrogen) atoms. The van der Waals surface area contributed by atoms with Crippen molar-refractivity contribution in [2.24, 2.45) is 0 Å². The van der Waals surface area contributed by atoms with E-state index >= 15 is 0 Å². The Bertz CT molecular complexity index is 1250. The predicted molar refractivity (Wildman–Crippen MR) is 122 cm³/mol.